The number of sulfonamides is 1. The summed E-state index contributed by atoms with van der Waals surface area (Å²) in [4.78, 5) is 13.8. The smallest absolute Gasteiger partial charge is 0.408 e. The first-order chi connectivity index (χ1) is 10.8. The van der Waals surface area contributed by atoms with Gasteiger partial charge in [0.2, 0.25) is 10.0 Å². The third-order valence-corrected chi connectivity index (χ3v) is 6.00. The lowest BCUT2D eigenvalue weighted by Crippen LogP contribution is -2.39. The average molecular weight is 339 g/mol. The standard InChI is InChI=1S/C15H21N3O4S/c1-4-18-8-10(2)12(9-18)16-23(20,21)11-5-6-13-14(7-11)22-15(19)17(13)3/h5-7,10,12,16H,4,8-9H2,1-3H3/t10-,12+/m1/s1. The highest BCUT2D eigenvalue weighted by molar-refractivity contribution is 7.89. The van der Waals surface area contributed by atoms with Crippen molar-refractivity contribution in [3.8, 4) is 0 Å². The first-order valence-corrected chi connectivity index (χ1v) is 9.14. The number of oxazole rings is 1. The Kier molecular flexibility index (Phi) is 4.07. The molecule has 2 atom stereocenters. The second-order valence-corrected chi connectivity index (χ2v) is 7.83. The van der Waals surface area contributed by atoms with E-state index in [1.165, 1.54) is 16.7 Å². The van der Waals surface area contributed by atoms with E-state index in [-0.39, 0.29) is 22.4 Å². The van der Waals surface area contributed by atoms with Gasteiger partial charge in [-0.1, -0.05) is 13.8 Å². The van der Waals surface area contributed by atoms with Crippen LogP contribution in [0.3, 0.4) is 0 Å². The summed E-state index contributed by atoms with van der Waals surface area (Å²) < 4.78 is 34.4. The molecule has 7 nitrogen and oxygen atoms in total. The van der Waals surface area contributed by atoms with Crippen molar-refractivity contribution >= 4 is 21.1 Å². The van der Waals surface area contributed by atoms with Crippen LogP contribution in [0.2, 0.25) is 0 Å². The van der Waals surface area contributed by atoms with Gasteiger partial charge in [-0.25, -0.2) is 17.9 Å². The molecule has 0 amide bonds. The minimum Gasteiger partial charge on any atom is -0.408 e. The molecule has 126 valence electrons. The van der Waals surface area contributed by atoms with Gasteiger partial charge >= 0.3 is 5.76 Å². The lowest BCUT2D eigenvalue weighted by molar-refractivity contribution is 0.344. The Morgan fingerprint density at radius 2 is 2.09 bits per heavy atom. The van der Waals surface area contributed by atoms with Crippen molar-refractivity contribution in [1.29, 1.82) is 0 Å². The molecule has 1 aliphatic heterocycles. The van der Waals surface area contributed by atoms with Crippen LogP contribution >= 0.6 is 0 Å². The zero-order chi connectivity index (χ0) is 16.8. The Hall–Kier alpha value is -1.64. The van der Waals surface area contributed by atoms with Gasteiger partial charge in [0, 0.05) is 32.2 Å². The van der Waals surface area contributed by atoms with Gasteiger partial charge in [0.05, 0.1) is 10.4 Å². The number of aromatic nitrogens is 1. The average Bonchev–Trinajstić information content (AvgIpc) is 2.99. The van der Waals surface area contributed by atoms with E-state index in [2.05, 4.69) is 16.5 Å². The molecule has 0 unspecified atom stereocenters. The van der Waals surface area contributed by atoms with Crippen LogP contribution < -0.4 is 10.5 Å². The highest BCUT2D eigenvalue weighted by atomic mass is 32.2. The van der Waals surface area contributed by atoms with Crippen molar-refractivity contribution in [2.75, 3.05) is 19.6 Å². The van der Waals surface area contributed by atoms with Crippen molar-refractivity contribution < 1.29 is 12.8 Å². The first-order valence-electron chi connectivity index (χ1n) is 7.66. The van der Waals surface area contributed by atoms with Crippen LogP contribution in [0.25, 0.3) is 11.1 Å². The Morgan fingerprint density at radius 1 is 1.35 bits per heavy atom. The molecule has 8 heteroatoms. The van der Waals surface area contributed by atoms with Crippen LogP contribution in [-0.4, -0.2) is 43.6 Å². The minimum absolute atomic E-state index is 0.112. The SMILES string of the molecule is CCN1C[C@@H](C)[C@@H](NS(=O)(=O)c2ccc3c(c2)oc(=O)n3C)C1. The number of fused-ring (bicyclic) bond motifs is 1. The third kappa shape index (κ3) is 2.93. The third-order valence-electron chi connectivity index (χ3n) is 4.52. The maximum Gasteiger partial charge on any atom is 0.419 e. The molecule has 2 heterocycles. The lowest BCUT2D eigenvalue weighted by Gasteiger charge is -2.16. The number of benzene rings is 1. The highest BCUT2D eigenvalue weighted by Gasteiger charge is 2.32. The number of likely N-dealkylation sites (tertiary alicyclic amines) is 1. The molecule has 1 aliphatic rings. The molecule has 0 bridgehead atoms. The number of hydrogen-bond acceptors (Lipinski definition) is 5. The predicted molar refractivity (Wildman–Crippen MR) is 86.8 cm³/mol. The van der Waals surface area contributed by atoms with E-state index in [0.717, 1.165) is 13.1 Å². The molecule has 1 aromatic carbocycles. The van der Waals surface area contributed by atoms with Crippen molar-refractivity contribution in [3.05, 3.63) is 28.7 Å². The summed E-state index contributed by atoms with van der Waals surface area (Å²) in [6.45, 7) is 6.61. The Labute approximate surface area is 134 Å². The molecular formula is C15H21N3O4S. The molecule has 0 aliphatic carbocycles. The molecule has 1 saturated heterocycles. The summed E-state index contributed by atoms with van der Waals surface area (Å²) in [5, 5.41) is 0. The first kappa shape index (κ1) is 16.2. The molecule has 0 spiro atoms. The molecule has 3 rings (SSSR count). The van der Waals surface area contributed by atoms with Crippen LogP contribution in [0.4, 0.5) is 0 Å². The van der Waals surface area contributed by atoms with E-state index in [1.54, 1.807) is 13.1 Å². The number of aryl methyl sites for hydroxylation is 1. The summed E-state index contributed by atoms with van der Waals surface area (Å²) in [5.74, 6) is -0.256. The molecule has 1 aromatic heterocycles. The van der Waals surface area contributed by atoms with Gasteiger partial charge in [-0.05, 0) is 24.6 Å². The summed E-state index contributed by atoms with van der Waals surface area (Å²) in [7, 11) is -2.07. The van der Waals surface area contributed by atoms with Gasteiger partial charge in [0.15, 0.2) is 5.58 Å². The van der Waals surface area contributed by atoms with Gasteiger partial charge in [-0.2, -0.15) is 0 Å². The Morgan fingerprint density at radius 3 is 2.74 bits per heavy atom. The Balaban J connectivity index is 1.89. The number of nitrogens with one attached hydrogen (secondary N) is 1. The van der Waals surface area contributed by atoms with E-state index in [0.29, 0.717) is 12.1 Å². The molecule has 0 saturated carbocycles. The van der Waals surface area contributed by atoms with Gasteiger partial charge in [-0.3, -0.25) is 4.57 Å². The Bertz CT molecular complexity index is 884. The maximum absolute atomic E-state index is 12.6. The second kappa shape index (κ2) is 5.77. The molecule has 0 radical (unpaired) electrons. The van der Waals surface area contributed by atoms with Crippen molar-refractivity contribution in [1.82, 2.24) is 14.2 Å². The minimum atomic E-state index is -3.65. The topological polar surface area (TPSA) is 84.6 Å². The number of rotatable bonds is 4. The van der Waals surface area contributed by atoms with E-state index >= 15 is 0 Å². The summed E-state index contributed by atoms with van der Waals surface area (Å²) >= 11 is 0. The predicted octanol–water partition coefficient (Wildman–Crippen LogP) is 0.750. The second-order valence-electron chi connectivity index (χ2n) is 6.11. The zero-order valence-corrected chi connectivity index (χ0v) is 14.3. The fourth-order valence-electron chi connectivity index (χ4n) is 3.03. The summed E-state index contributed by atoms with van der Waals surface area (Å²) in [5.41, 5.74) is 0.843. The van der Waals surface area contributed by atoms with Crippen LogP contribution in [0, 0.1) is 5.92 Å². The number of hydrogen-bond donors (Lipinski definition) is 1. The molecular weight excluding hydrogens is 318 g/mol. The van der Waals surface area contributed by atoms with E-state index in [4.69, 9.17) is 4.42 Å². The molecule has 1 N–H and O–H groups in total. The van der Waals surface area contributed by atoms with Gasteiger partial charge in [0.25, 0.3) is 0 Å². The molecule has 23 heavy (non-hydrogen) atoms. The maximum atomic E-state index is 12.6. The van der Waals surface area contributed by atoms with Crippen LogP contribution in [0.15, 0.2) is 32.3 Å². The van der Waals surface area contributed by atoms with Crippen LogP contribution in [0.1, 0.15) is 13.8 Å². The van der Waals surface area contributed by atoms with E-state index in [1.807, 2.05) is 6.92 Å². The van der Waals surface area contributed by atoms with Gasteiger partial charge < -0.3 is 9.32 Å². The highest BCUT2D eigenvalue weighted by Crippen LogP contribution is 2.21. The fraction of sp³-hybridized carbons (Fsp3) is 0.533. The van der Waals surface area contributed by atoms with Crippen molar-refractivity contribution in [2.45, 2.75) is 24.8 Å². The monoisotopic (exact) mass is 339 g/mol. The molecule has 2 aromatic rings. The lowest BCUT2D eigenvalue weighted by atomic mass is 10.1. The largest absolute Gasteiger partial charge is 0.419 e. The number of likely N-dealkylation sites (N-methyl/N-ethyl adjacent to an activating group) is 1. The van der Waals surface area contributed by atoms with Crippen LogP contribution in [0.5, 0.6) is 0 Å². The van der Waals surface area contributed by atoms with E-state index in [9.17, 15) is 13.2 Å². The van der Waals surface area contributed by atoms with Crippen molar-refractivity contribution in [2.24, 2.45) is 13.0 Å². The van der Waals surface area contributed by atoms with Gasteiger partial charge in [0.1, 0.15) is 0 Å². The normalized spacial score (nSPS) is 22.9. The summed E-state index contributed by atoms with van der Waals surface area (Å²) in [6.07, 6.45) is 0. The summed E-state index contributed by atoms with van der Waals surface area (Å²) in [6, 6.07) is 4.37. The van der Waals surface area contributed by atoms with E-state index < -0.39 is 15.8 Å². The quantitative estimate of drug-likeness (QED) is 0.888. The number of nitrogens with zero attached hydrogens (tertiary/aromatic N) is 2. The zero-order valence-electron chi connectivity index (χ0n) is 13.4. The van der Waals surface area contributed by atoms with Crippen molar-refractivity contribution in [3.63, 3.8) is 0 Å². The van der Waals surface area contributed by atoms with Crippen LogP contribution in [-0.2, 0) is 17.1 Å². The molecule has 1 fully saturated rings. The fourth-order valence-corrected chi connectivity index (χ4v) is 4.38. The van der Waals surface area contributed by atoms with Gasteiger partial charge in [-0.15, -0.1) is 0 Å².